The molecule has 3 heteroatoms. The summed E-state index contributed by atoms with van der Waals surface area (Å²) in [5.41, 5.74) is 2.25. The molecule has 1 nitrogen and oxygen atoms in total. The van der Waals surface area contributed by atoms with Crippen molar-refractivity contribution in [3.05, 3.63) is 63.0 Å². The number of ketones is 1. The van der Waals surface area contributed by atoms with E-state index in [-0.39, 0.29) is 5.78 Å². The van der Waals surface area contributed by atoms with Crippen LogP contribution in [0.25, 0.3) is 27.1 Å². The smallest absolute Gasteiger partial charge is 0.193 e. The maximum absolute atomic E-state index is 12.5. The largest absolute Gasteiger partial charge is 0.289 e. The highest BCUT2D eigenvalue weighted by atomic mass is 79.9. The molecule has 3 aromatic carbocycles. The first-order chi connectivity index (χ1) is 9.61. The molecule has 4 rings (SSSR count). The highest BCUT2D eigenvalue weighted by molar-refractivity contribution is 9.13. The van der Waals surface area contributed by atoms with Crippen molar-refractivity contribution in [2.24, 2.45) is 0 Å². The molecule has 0 saturated carbocycles. The van der Waals surface area contributed by atoms with Gasteiger partial charge in [-0.3, -0.25) is 4.79 Å². The molecule has 0 spiro atoms. The molecule has 0 radical (unpaired) electrons. The number of benzene rings is 3. The second-order valence-electron chi connectivity index (χ2n) is 4.89. The summed E-state index contributed by atoms with van der Waals surface area (Å²) in [5.74, 6) is 0.0184. The third kappa shape index (κ3) is 1.34. The second kappa shape index (κ2) is 4.03. The van der Waals surface area contributed by atoms with Gasteiger partial charge in [0.15, 0.2) is 5.78 Å². The highest BCUT2D eigenvalue weighted by Crippen LogP contribution is 2.46. The molecule has 0 bridgehead atoms. The fourth-order valence-corrected chi connectivity index (χ4v) is 4.06. The first-order valence-corrected chi connectivity index (χ1v) is 7.76. The lowest BCUT2D eigenvalue weighted by atomic mass is 9.83. The van der Waals surface area contributed by atoms with E-state index in [1.807, 2.05) is 30.3 Å². The van der Waals surface area contributed by atoms with Crippen molar-refractivity contribution in [1.29, 1.82) is 0 Å². The molecule has 3 aromatic rings. The van der Waals surface area contributed by atoms with Crippen LogP contribution in [0.5, 0.6) is 0 Å². The van der Waals surface area contributed by atoms with Crippen LogP contribution in [-0.2, 0) is 0 Å². The van der Waals surface area contributed by atoms with E-state index in [1.165, 1.54) is 0 Å². The van der Waals surface area contributed by atoms with Crippen LogP contribution in [0.4, 0.5) is 0 Å². The molecule has 0 atom stereocenters. The Morgan fingerprint density at radius 3 is 1.90 bits per heavy atom. The maximum Gasteiger partial charge on any atom is 0.193 e. The normalized spacial score (nSPS) is 13.7. The first kappa shape index (κ1) is 12.3. The van der Waals surface area contributed by atoms with Gasteiger partial charge < -0.3 is 0 Å². The van der Waals surface area contributed by atoms with Gasteiger partial charge in [0.25, 0.3) is 0 Å². The van der Waals surface area contributed by atoms with E-state index in [9.17, 15) is 4.79 Å². The van der Waals surface area contributed by atoms with Crippen molar-refractivity contribution in [1.82, 2.24) is 0 Å². The molecule has 0 aromatic heterocycles. The molecule has 20 heavy (non-hydrogen) atoms. The van der Waals surface area contributed by atoms with Crippen LogP contribution < -0.4 is 0 Å². The number of hydrogen-bond acceptors (Lipinski definition) is 1. The summed E-state index contributed by atoms with van der Waals surface area (Å²) in [6.07, 6.45) is 0. The van der Waals surface area contributed by atoms with Gasteiger partial charge in [-0.05, 0) is 53.6 Å². The molecule has 0 saturated heterocycles. The van der Waals surface area contributed by atoms with E-state index in [4.69, 9.17) is 0 Å². The number of carbonyl (C=O) groups is 1. The van der Waals surface area contributed by atoms with Crippen LogP contribution in [-0.4, -0.2) is 5.78 Å². The summed E-state index contributed by atoms with van der Waals surface area (Å²) in [6, 6.07) is 11.8. The van der Waals surface area contributed by atoms with Gasteiger partial charge in [0, 0.05) is 25.5 Å². The van der Waals surface area contributed by atoms with Gasteiger partial charge >= 0.3 is 0 Å². The van der Waals surface area contributed by atoms with Crippen LogP contribution in [0, 0.1) is 0 Å². The maximum atomic E-state index is 12.5. The first-order valence-electron chi connectivity index (χ1n) is 6.17. The van der Waals surface area contributed by atoms with E-state index >= 15 is 0 Å². The average molecular weight is 388 g/mol. The van der Waals surface area contributed by atoms with Crippen LogP contribution in [0.1, 0.15) is 15.9 Å². The summed E-state index contributed by atoms with van der Waals surface area (Å²) in [5, 5.41) is 4.28. The molecule has 1 aliphatic rings. The van der Waals surface area contributed by atoms with Gasteiger partial charge in [0.2, 0.25) is 0 Å². The number of allylic oxidation sites excluding steroid dienone is 1. The zero-order valence-electron chi connectivity index (χ0n) is 10.3. The lowest BCUT2D eigenvalue weighted by Gasteiger charge is -2.21. The van der Waals surface area contributed by atoms with Crippen molar-refractivity contribution in [3.8, 4) is 0 Å². The fraction of sp³-hybridized carbons (Fsp3) is 0. The van der Waals surface area contributed by atoms with Gasteiger partial charge in [0.05, 0.1) is 0 Å². The topological polar surface area (TPSA) is 17.1 Å². The third-order valence-corrected chi connectivity index (χ3v) is 6.07. The summed E-state index contributed by atoms with van der Waals surface area (Å²) in [4.78, 5) is 12.5. The standard InChI is InChI=1S/C17H8Br2O/c1-8-9-4-2-5-10-13(9)14-11(16(19)15(10)18)6-3-7-12(14)17(8)20/h2-7H,1H2. The summed E-state index contributed by atoms with van der Waals surface area (Å²) in [6.45, 7) is 3.98. The van der Waals surface area contributed by atoms with Crippen LogP contribution >= 0.6 is 31.9 Å². The zero-order valence-corrected chi connectivity index (χ0v) is 13.5. The SMILES string of the molecule is C=C1C(=O)c2cccc3c(Br)c(Br)c4cccc1c4c23. The van der Waals surface area contributed by atoms with E-state index in [0.29, 0.717) is 5.57 Å². The molecule has 96 valence electrons. The Morgan fingerprint density at radius 1 is 0.800 bits per heavy atom. The Balaban J connectivity index is 2.48. The van der Waals surface area contributed by atoms with E-state index < -0.39 is 0 Å². The van der Waals surface area contributed by atoms with Crippen LogP contribution in [0.3, 0.4) is 0 Å². The van der Waals surface area contributed by atoms with E-state index in [0.717, 1.165) is 41.6 Å². The molecule has 1 aliphatic carbocycles. The quantitative estimate of drug-likeness (QED) is 0.355. The zero-order chi connectivity index (χ0) is 14.0. The van der Waals surface area contributed by atoms with Crippen molar-refractivity contribution < 1.29 is 4.79 Å². The molecule has 0 fully saturated rings. The molecule has 0 aliphatic heterocycles. The molecular formula is C17H8Br2O. The number of carbonyl (C=O) groups excluding carboxylic acids is 1. The van der Waals surface area contributed by atoms with Crippen molar-refractivity contribution in [2.75, 3.05) is 0 Å². The molecule has 0 heterocycles. The number of halogens is 2. The predicted molar refractivity (Wildman–Crippen MR) is 90.2 cm³/mol. The molecule has 0 amide bonds. The number of hydrogen-bond donors (Lipinski definition) is 0. The summed E-state index contributed by atoms with van der Waals surface area (Å²) < 4.78 is 2.00. The summed E-state index contributed by atoms with van der Waals surface area (Å²) in [7, 11) is 0. The van der Waals surface area contributed by atoms with E-state index in [1.54, 1.807) is 0 Å². The minimum Gasteiger partial charge on any atom is -0.289 e. The molecule has 0 N–H and O–H groups in total. The van der Waals surface area contributed by atoms with E-state index in [2.05, 4.69) is 44.5 Å². The Hall–Kier alpha value is -1.45. The predicted octanol–water partition coefficient (Wildman–Crippen LogP) is 5.73. The third-order valence-electron chi connectivity index (χ3n) is 3.89. The molecule has 0 unspecified atom stereocenters. The van der Waals surface area contributed by atoms with Crippen molar-refractivity contribution in [2.45, 2.75) is 0 Å². The van der Waals surface area contributed by atoms with Crippen LogP contribution in [0.2, 0.25) is 0 Å². The Bertz CT molecular complexity index is 876. The van der Waals surface area contributed by atoms with Gasteiger partial charge in [0.1, 0.15) is 0 Å². The number of Topliss-reactive ketones (excluding diaryl/α,β-unsaturated/α-hetero) is 1. The van der Waals surface area contributed by atoms with Gasteiger partial charge in [-0.25, -0.2) is 0 Å². The molecular weight excluding hydrogens is 380 g/mol. The minimum absolute atomic E-state index is 0.0184. The fourth-order valence-electron chi connectivity index (χ4n) is 2.97. The Kier molecular flexibility index (Phi) is 2.48. The lowest BCUT2D eigenvalue weighted by Crippen LogP contribution is -2.08. The highest BCUT2D eigenvalue weighted by Gasteiger charge is 2.26. The van der Waals surface area contributed by atoms with Crippen molar-refractivity contribution >= 4 is 64.8 Å². The second-order valence-corrected chi connectivity index (χ2v) is 6.48. The Labute approximate surface area is 132 Å². The monoisotopic (exact) mass is 386 g/mol. The minimum atomic E-state index is 0.0184. The lowest BCUT2D eigenvalue weighted by molar-refractivity contribution is 0.105. The van der Waals surface area contributed by atoms with Crippen molar-refractivity contribution in [3.63, 3.8) is 0 Å². The van der Waals surface area contributed by atoms with Crippen LogP contribution in [0.15, 0.2) is 51.9 Å². The van der Waals surface area contributed by atoms with Gasteiger partial charge in [-0.15, -0.1) is 0 Å². The number of rotatable bonds is 0. The Morgan fingerprint density at radius 2 is 1.30 bits per heavy atom. The van der Waals surface area contributed by atoms with Gasteiger partial charge in [-0.1, -0.05) is 43.0 Å². The average Bonchev–Trinajstić information content (AvgIpc) is 2.48. The van der Waals surface area contributed by atoms with Gasteiger partial charge in [-0.2, -0.15) is 0 Å². The summed E-state index contributed by atoms with van der Waals surface area (Å²) >= 11 is 7.30.